The Balaban J connectivity index is 1.80. The molecule has 3 rings (SSSR count). The van der Waals surface area contributed by atoms with Gasteiger partial charge in [-0.1, -0.05) is 12.1 Å². The van der Waals surface area contributed by atoms with E-state index in [1.54, 1.807) is 6.08 Å². The zero-order valence-electron chi connectivity index (χ0n) is 15.5. The van der Waals surface area contributed by atoms with Crippen LogP contribution >= 0.6 is 11.8 Å². The van der Waals surface area contributed by atoms with E-state index >= 15 is 0 Å². The van der Waals surface area contributed by atoms with Crippen molar-refractivity contribution in [1.29, 1.82) is 0 Å². The number of hydrogen-bond donors (Lipinski definition) is 1. The zero-order valence-corrected chi connectivity index (χ0v) is 16.3. The topological polar surface area (TPSA) is 57.8 Å². The number of nitrogens with zero attached hydrogens (tertiary/aromatic N) is 2. The van der Waals surface area contributed by atoms with E-state index in [1.807, 2.05) is 31.2 Å². The standard InChI is InChI=1S/C20H23N3O2S/c1-5-23(6-2)18-11-10-15(25-18)12-17-19(24)22-20(26-17)21-16-9-7-8-13(3)14(16)4/h7-12H,5-6H2,1-4H3,(H,21,22,24)/b17-12-. The number of aryl methyl sites for hydroxylation is 1. The van der Waals surface area contributed by atoms with Gasteiger partial charge in [0.05, 0.1) is 10.6 Å². The number of carbonyl (C=O) groups is 1. The fraction of sp³-hybridized carbons (Fsp3) is 0.300. The minimum absolute atomic E-state index is 0.153. The first-order chi connectivity index (χ1) is 12.5. The van der Waals surface area contributed by atoms with Gasteiger partial charge in [0, 0.05) is 25.2 Å². The normalized spacial score (nSPS) is 17.2. The van der Waals surface area contributed by atoms with Gasteiger partial charge in [0.2, 0.25) is 0 Å². The first-order valence-electron chi connectivity index (χ1n) is 8.72. The van der Waals surface area contributed by atoms with Gasteiger partial charge in [-0.25, -0.2) is 4.99 Å². The molecule has 1 aliphatic rings. The number of benzene rings is 1. The lowest BCUT2D eigenvalue weighted by Crippen LogP contribution is -2.20. The zero-order chi connectivity index (χ0) is 18.7. The third-order valence-electron chi connectivity index (χ3n) is 4.41. The molecule has 1 amide bonds. The summed E-state index contributed by atoms with van der Waals surface area (Å²) in [6.45, 7) is 10.0. The Kier molecular flexibility index (Phi) is 5.52. The predicted molar refractivity (Wildman–Crippen MR) is 109 cm³/mol. The van der Waals surface area contributed by atoms with Crippen molar-refractivity contribution in [2.75, 3.05) is 18.0 Å². The van der Waals surface area contributed by atoms with Crippen molar-refractivity contribution in [3.63, 3.8) is 0 Å². The van der Waals surface area contributed by atoms with Crippen molar-refractivity contribution in [3.05, 3.63) is 52.1 Å². The molecule has 2 aromatic rings. The highest BCUT2D eigenvalue weighted by molar-refractivity contribution is 8.18. The van der Waals surface area contributed by atoms with Gasteiger partial charge < -0.3 is 14.6 Å². The maximum atomic E-state index is 12.3. The molecular weight excluding hydrogens is 346 g/mol. The van der Waals surface area contributed by atoms with Crippen LogP contribution in [0.15, 0.2) is 44.6 Å². The van der Waals surface area contributed by atoms with E-state index in [2.05, 4.69) is 42.0 Å². The number of nitrogens with one attached hydrogen (secondary N) is 1. The molecule has 0 bridgehead atoms. The van der Waals surface area contributed by atoms with Gasteiger partial charge in [-0.2, -0.15) is 0 Å². The fourth-order valence-electron chi connectivity index (χ4n) is 2.70. The van der Waals surface area contributed by atoms with Crippen molar-refractivity contribution in [1.82, 2.24) is 5.32 Å². The Labute approximate surface area is 158 Å². The lowest BCUT2D eigenvalue weighted by molar-refractivity contribution is -0.115. The average molecular weight is 369 g/mol. The Morgan fingerprint density at radius 3 is 2.69 bits per heavy atom. The van der Waals surface area contributed by atoms with E-state index < -0.39 is 0 Å². The van der Waals surface area contributed by atoms with Gasteiger partial charge in [0.1, 0.15) is 5.76 Å². The highest BCUT2D eigenvalue weighted by Crippen LogP contribution is 2.30. The summed E-state index contributed by atoms with van der Waals surface area (Å²) in [5, 5.41) is 3.41. The van der Waals surface area contributed by atoms with E-state index in [-0.39, 0.29) is 5.91 Å². The number of rotatable bonds is 5. The number of amides is 1. The maximum Gasteiger partial charge on any atom is 0.264 e. The highest BCUT2D eigenvalue weighted by atomic mass is 32.2. The molecule has 1 N–H and O–H groups in total. The minimum atomic E-state index is -0.153. The first-order valence-corrected chi connectivity index (χ1v) is 9.54. The van der Waals surface area contributed by atoms with E-state index in [0.717, 1.165) is 30.2 Å². The second kappa shape index (κ2) is 7.83. The maximum absolute atomic E-state index is 12.3. The summed E-state index contributed by atoms with van der Waals surface area (Å²) < 4.78 is 5.84. The predicted octanol–water partition coefficient (Wildman–Crippen LogP) is 4.63. The SMILES string of the molecule is CCN(CC)c1ccc(/C=C2\SC(=Nc3cccc(C)c3C)NC2=O)o1. The van der Waals surface area contributed by atoms with Crippen LogP contribution in [0.3, 0.4) is 0 Å². The molecule has 1 aromatic heterocycles. The molecule has 1 aliphatic heterocycles. The quantitative estimate of drug-likeness (QED) is 0.781. The van der Waals surface area contributed by atoms with Gasteiger partial charge in [-0.05, 0) is 62.7 Å². The second-order valence-corrected chi connectivity index (χ2v) is 7.08. The summed E-state index contributed by atoms with van der Waals surface area (Å²) in [5.41, 5.74) is 3.16. The van der Waals surface area contributed by atoms with Crippen molar-refractivity contribution < 1.29 is 9.21 Å². The molecule has 6 heteroatoms. The molecular formula is C20H23N3O2S. The number of anilines is 1. The van der Waals surface area contributed by atoms with Crippen LogP contribution in [0.25, 0.3) is 6.08 Å². The van der Waals surface area contributed by atoms with Gasteiger partial charge in [0.15, 0.2) is 11.1 Å². The number of aliphatic imine (C=N–C) groups is 1. The number of amidine groups is 1. The number of furan rings is 1. The van der Waals surface area contributed by atoms with Crippen LogP contribution in [0.4, 0.5) is 11.6 Å². The van der Waals surface area contributed by atoms with Crippen LogP contribution in [0.5, 0.6) is 0 Å². The Morgan fingerprint density at radius 1 is 1.19 bits per heavy atom. The van der Waals surface area contributed by atoms with Crippen LogP contribution in [0.1, 0.15) is 30.7 Å². The summed E-state index contributed by atoms with van der Waals surface area (Å²) >= 11 is 1.33. The monoisotopic (exact) mass is 369 g/mol. The van der Waals surface area contributed by atoms with Crippen molar-refractivity contribution in [2.45, 2.75) is 27.7 Å². The minimum Gasteiger partial charge on any atom is -0.441 e. The first kappa shape index (κ1) is 18.3. The molecule has 0 spiro atoms. The molecule has 0 unspecified atom stereocenters. The molecule has 5 nitrogen and oxygen atoms in total. The molecule has 26 heavy (non-hydrogen) atoms. The molecule has 0 radical (unpaired) electrons. The number of hydrogen-bond acceptors (Lipinski definition) is 5. The summed E-state index contributed by atoms with van der Waals surface area (Å²) in [5.74, 6) is 1.33. The molecule has 136 valence electrons. The van der Waals surface area contributed by atoms with Gasteiger partial charge >= 0.3 is 0 Å². The Bertz CT molecular complexity index is 879. The van der Waals surface area contributed by atoms with Crippen LogP contribution in [0.2, 0.25) is 0 Å². The summed E-state index contributed by atoms with van der Waals surface area (Å²) in [7, 11) is 0. The second-order valence-electron chi connectivity index (χ2n) is 6.05. The molecule has 0 saturated carbocycles. The number of thioether (sulfide) groups is 1. The van der Waals surface area contributed by atoms with Crippen LogP contribution in [0, 0.1) is 13.8 Å². The Hall–Kier alpha value is -2.47. The van der Waals surface area contributed by atoms with Gasteiger partial charge in [0.25, 0.3) is 5.91 Å². The molecule has 0 aliphatic carbocycles. The lowest BCUT2D eigenvalue weighted by atomic mass is 10.1. The van der Waals surface area contributed by atoms with E-state index in [4.69, 9.17) is 4.42 Å². The molecule has 1 fully saturated rings. The third kappa shape index (κ3) is 3.85. The van der Waals surface area contributed by atoms with Crippen LogP contribution in [-0.2, 0) is 4.79 Å². The van der Waals surface area contributed by atoms with E-state index in [1.165, 1.54) is 17.3 Å². The lowest BCUT2D eigenvalue weighted by Gasteiger charge is -2.16. The van der Waals surface area contributed by atoms with Crippen LogP contribution < -0.4 is 10.2 Å². The average Bonchev–Trinajstić information content (AvgIpc) is 3.21. The fourth-order valence-corrected chi connectivity index (χ4v) is 3.52. The van der Waals surface area contributed by atoms with Crippen LogP contribution in [-0.4, -0.2) is 24.2 Å². The highest BCUT2D eigenvalue weighted by Gasteiger charge is 2.24. The summed E-state index contributed by atoms with van der Waals surface area (Å²) in [4.78, 5) is 19.5. The largest absolute Gasteiger partial charge is 0.441 e. The summed E-state index contributed by atoms with van der Waals surface area (Å²) in [6, 6.07) is 9.79. The Morgan fingerprint density at radius 2 is 1.96 bits per heavy atom. The smallest absolute Gasteiger partial charge is 0.264 e. The van der Waals surface area contributed by atoms with Crippen molar-refractivity contribution in [2.24, 2.45) is 4.99 Å². The van der Waals surface area contributed by atoms with Gasteiger partial charge in [-0.15, -0.1) is 0 Å². The molecule has 1 aromatic carbocycles. The molecule has 0 atom stereocenters. The number of carbonyl (C=O) groups excluding carboxylic acids is 1. The van der Waals surface area contributed by atoms with Crippen molar-refractivity contribution in [3.8, 4) is 0 Å². The van der Waals surface area contributed by atoms with Gasteiger partial charge in [-0.3, -0.25) is 4.79 Å². The van der Waals surface area contributed by atoms with E-state index in [9.17, 15) is 4.79 Å². The van der Waals surface area contributed by atoms with Crippen molar-refractivity contribution >= 4 is 40.5 Å². The summed E-state index contributed by atoms with van der Waals surface area (Å²) in [6.07, 6.45) is 1.76. The third-order valence-corrected chi connectivity index (χ3v) is 5.32. The molecule has 2 heterocycles. The molecule has 1 saturated heterocycles. The van der Waals surface area contributed by atoms with E-state index in [0.29, 0.717) is 15.8 Å².